The van der Waals surface area contributed by atoms with Gasteiger partial charge in [0.15, 0.2) is 34.6 Å². The molecule has 4 nitrogen and oxygen atoms in total. The third-order valence-electron chi connectivity index (χ3n) is 3.12. The average molecular weight is 440 g/mol. The first-order valence-electron chi connectivity index (χ1n) is 7.07. The zero-order valence-electron chi connectivity index (χ0n) is 13.7. The van der Waals surface area contributed by atoms with Crippen molar-refractivity contribution < 1.29 is 31.1 Å². The number of hydrogen-bond acceptors (Lipinski definition) is 4. The van der Waals surface area contributed by atoms with Crippen LogP contribution in [0.3, 0.4) is 0 Å². The zero-order chi connectivity index (χ0) is 21.1. The van der Waals surface area contributed by atoms with Gasteiger partial charge in [0.05, 0.1) is 10.6 Å². The number of rotatable bonds is 3. The van der Waals surface area contributed by atoms with Crippen molar-refractivity contribution in [2.45, 2.75) is 6.18 Å². The normalized spacial score (nSPS) is 11.9. The van der Waals surface area contributed by atoms with E-state index in [4.69, 9.17) is 21.6 Å². The van der Waals surface area contributed by atoms with Crippen molar-refractivity contribution in [3.8, 4) is 17.7 Å². The number of nitrogens with zero attached hydrogens (tertiary/aromatic N) is 2. The highest BCUT2D eigenvalue weighted by Gasteiger charge is 2.33. The van der Waals surface area contributed by atoms with Gasteiger partial charge in [0.2, 0.25) is 0 Å². The van der Waals surface area contributed by atoms with E-state index < -0.39 is 45.7 Å². The van der Waals surface area contributed by atoms with Crippen molar-refractivity contribution >= 4 is 34.2 Å². The summed E-state index contributed by atoms with van der Waals surface area (Å²) in [5.41, 5.74) is -1.93. The second-order valence-electron chi connectivity index (χ2n) is 4.96. The molecule has 12 heteroatoms. The summed E-state index contributed by atoms with van der Waals surface area (Å²) >= 11 is 6.75. The Bertz CT molecular complexity index is 951. The van der Waals surface area contributed by atoms with E-state index in [1.807, 2.05) is 0 Å². The van der Waals surface area contributed by atoms with E-state index in [1.54, 1.807) is 12.4 Å². The number of halogens is 7. The largest absolute Gasteiger partial charge is 0.450 e. The molecule has 0 spiro atoms. The average Bonchev–Trinajstić information content (AvgIpc) is 2.59. The quantitative estimate of drug-likeness (QED) is 0.210. The molecule has 2 aromatic carbocycles. The number of aliphatic imine (C=N–C) groups is 1. The first-order valence-corrected chi connectivity index (χ1v) is 8.68. The standard InChI is InChI=1S/C16H8ClF6N3OS/c1-28-15(25-6-24)26-12-5-13(8(17)4-9(12)18)27-14-10(19)2-7(3-11(14)20)16(21,22)23/h2-5H,1H3,(H,25,26). The van der Waals surface area contributed by atoms with Gasteiger partial charge in [-0.1, -0.05) is 23.4 Å². The van der Waals surface area contributed by atoms with Crippen LogP contribution in [-0.2, 0) is 6.18 Å². The Morgan fingerprint density at radius 2 is 1.75 bits per heavy atom. The molecule has 0 atom stereocenters. The van der Waals surface area contributed by atoms with Gasteiger partial charge in [-0.05, 0) is 24.5 Å². The lowest BCUT2D eigenvalue weighted by Gasteiger charge is -2.13. The molecule has 0 amide bonds. The minimum absolute atomic E-state index is 0.00145. The van der Waals surface area contributed by atoms with Crippen molar-refractivity contribution in [3.05, 3.63) is 52.3 Å². The van der Waals surface area contributed by atoms with Crippen LogP contribution in [0, 0.1) is 28.9 Å². The van der Waals surface area contributed by atoms with Crippen molar-refractivity contribution in [3.63, 3.8) is 0 Å². The molecular formula is C16H8ClF6N3OS. The topological polar surface area (TPSA) is 57.4 Å². The predicted octanol–water partition coefficient (Wildman–Crippen LogP) is 5.99. The number of nitriles is 1. The second-order valence-corrected chi connectivity index (χ2v) is 6.16. The van der Waals surface area contributed by atoms with Crippen LogP contribution in [0.25, 0.3) is 0 Å². The molecule has 0 aromatic heterocycles. The molecule has 0 radical (unpaired) electrons. The lowest BCUT2D eigenvalue weighted by Crippen LogP contribution is -2.12. The molecule has 0 aliphatic heterocycles. The molecule has 1 N–H and O–H groups in total. The summed E-state index contributed by atoms with van der Waals surface area (Å²) in [6.07, 6.45) is -1.83. The molecule has 0 bridgehead atoms. The number of hydrogen-bond donors (Lipinski definition) is 1. The molecule has 0 aliphatic rings. The summed E-state index contributed by atoms with van der Waals surface area (Å²) in [6.45, 7) is 0. The molecular weight excluding hydrogens is 432 g/mol. The Balaban J connectivity index is 2.48. The summed E-state index contributed by atoms with van der Waals surface area (Å²) in [5, 5.41) is 10.4. The van der Waals surface area contributed by atoms with Crippen LogP contribution in [0.5, 0.6) is 11.5 Å². The third-order valence-corrected chi connectivity index (χ3v) is 3.99. The number of thioether (sulfide) groups is 1. The highest BCUT2D eigenvalue weighted by molar-refractivity contribution is 8.13. The first kappa shape index (κ1) is 21.7. The number of benzene rings is 2. The highest BCUT2D eigenvalue weighted by atomic mass is 35.5. The molecule has 0 fully saturated rings. The Morgan fingerprint density at radius 3 is 2.25 bits per heavy atom. The molecule has 0 heterocycles. The maximum Gasteiger partial charge on any atom is 0.416 e. The lowest BCUT2D eigenvalue weighted by atomic mass is 10.2. The monoisotopic (exact) mass is 439 g/mol. The van der Waals surface area contributed by atoms with E-state index in [-0.39, 0.29) is 23.0 Å². The van der Waals surface area contributed by atoms with Gasteiger partial charge >= 0.3 is 6.18 Å². The van der Waals surface area contributed by atoms with E-state index in [1.165, 1.54) is 0 Å². The van der Waals surface area contributed by atoms with Gasteiger partial charge in [-0.3, -0.25) is 5.32 Å². The molecule has 0 saturated heterocycles. The molecule has 0 unspecified atom stereocenters. The predicted molar refractivity (Wildman–Crippen MR) is 92.2 cm³/mol. The van der Waals surface area contributed by atoms with Crippen LogP contribution in [0.1, 0.15) is 5.56 Å². The van der Waals surface area contributed by atoms with Gasteiger partial charge in [-0.15, -0.1) is 0 Å². The van der Waals surface area contributed by atoms with Gasteiger partial charge in [-0.25, -0.2) is 18.2 Å². The highest BCUT2D eigenvalue weighted by Crippen LogP contribution is 2.39. The van der Waals surface area contributed by atoms with Crippen molar-refractivity contribution in [2.24, 2.45) is 4.99 Å². The minimum atomic E-state index is -4.96. The molecule has 2 rings (SSSR count). The number of alkyl halides is 3. The third kappa shape index (κ3) is 5.02. The summed E-state index contributed by atoms with van der Waals surface area (Å²) < 4.78 is 84.6. The van der Waals surface area contributed by atoms with Crippen LogP contribution in [0.4, 0.5) is 32.0 Å². The number of nitrogens with one attached hydrogen (secondary N) is 1. The first-order chi connectivity index (χ1) is 13.1. The van der Waals surface area contributed by atoms with Gasteiger partial charge < -0.3 is 4.74 Å². The Morgan fingerprint density at radius 1 is 1.14 bits per heavy atom. The Kier molecular flexibility index (Phi) is 6.69. The minimum Gasteiger partial charge on any atom is -0.450 e. The van der Waals surface area contributed by atoms with Crippen LogP contribution in [-0.4, -0.2) is 11.4 Å². The van der Waals surface area contributed by atoms with Gasteiger partial charge in [0.25, 0.3) is 0 Å². The molecule has 148 valence electrons. The summed E-state index contributed by atoms with van der Waals surface area (Å²) in [7, 11) is 0. The maximum absolute atomic E-state index is 14.0. The van der Waals surface area contributed by atoms with Crippen LogP contribution >= 0.6 is 23.4 Å². The Hall–Kier alpha value is -2.58. The molecule has 0 aliphatic carbocycles. The van der Waals surface area contributed by atoms with Crippen LogP contribution in [0.2, 0.25) is 5.02 Å². The zero-order valence-corrected chi connectivity index (χ0v) is 15.2. The number of ether oxygens (including phenoxy) is 1. The van der Waals surface area contributed by atoms with E-state index in [2.05, 4.69) is 10.3 Å². The van der Waals surface area contributed by atoms with E-state index in [0.717, 1.165) is 23.9 Å². The van der Waals surface area contributed by atoms with Gasteiger partial charge in [0, 0.05) is 6.07 Å². The van der Waals surface area contributed by atoms with Crippen LogP contribution in [0.15, 0.2) is 29.3 Å². The van der Waals surface area contributed by atoms with Crippen molar-refractivity contribution in [2.75, 3.05) is 6.26 Å². The Labute approximate surface area is 163 Å². The second kappa shape index (κ2) is 8.62. The van der Waals surface area contributed by atoms with Crippen molar-refractivity contribution in [1.82, 2.24) is 5.32 Å². The van der Waals surface area contributed by atoms with Gasteiger partial charge in [0.1, 0.15) is 11.4 Å². The van der Waals surface area contributed by atoms with Crippen LogP contribution < -0.4 is 10.1 Å². The van der Waals surface area contributed by atoms with Gasteiger partial charge in [-0.2, -0.15) is 18.4 Å². The van der Waals surface area contributed by atoms with E-state index in [9.17, 15) is 26.3 Å². The fourth-order valence-corrected chi connectivity index (χ4v) is 2.42. The van der Waals surface area contributed by atoms with E-state index >= 15 is 0 Å². The summed E-state index contributed by atoms with van der Waals surface area (Å²) in [5.74, 6) is -5.81. The van der Waals surface area contributed by atoms with Crippen molar-refractivity contribution in [1.29, 1.82) is 5.26 Å². The SMILES string of the molecule is CSC(=Nc1cc(Oc2c(F)cc(C(F)(F)F)cc2F)c(Cl)cc1F)NC#N. The van der Waals surface area contributed by atoms with E-state index in [0.29, 0.717) is 0 Å². The maximum atomic E-state index is 14.0. The fraction of sp³-hybridized carbons (Fsp3) is 0.125. The molecule has 28 heavy (non-hydrogen) atoms. The molecule has 0 saturated carbocycles. The summed E-state index contributed by atoms with van der Waals surface area (Å²) in [6, 6.07) is 1.72. The molecule has 2 aromatic rings. The fourth-order valence-electron chi connectivity index (χ4n) is 1.90. The number of amidine groups is 1. The summed E-state index contributed by atoms with van der Waals surface area (Å²) in [4.78, 5) is 3.80. The smallest absolute Gasteiger partial charge is 0.416 e. The lowest BCUT2D eigenvalue weighted by molar-refractivity contribution is -0.138.